The fourth-order valence-corrected chi connectivity index (χ4v) is 4.92. The molecule has 0 radical (unpaired) electrons. The second-order valence-corrected chi connectivity index (χ2v) is 8.10. The fraction of sp³-hybridized carbons (Fsp3) is 0.318. The van der Waals surface area contributed by atoms with Crippen LogP contribution in [0.5, 0.6) is 0 Å². The Hall–Kier alpha value is -2.35. The predicted octanol–water partition coefficient (Wildman–Crippen LogP) is 5.34. The molecule has 3 aromatic rings. The summed E-state index contributed by atoms with van der Waals surface area (Å²) < 4.78 is 2.45. The molecule has 1 aliphatic heterocycles. The molecule has 2 heterocycles. The molecule has 2 aliphatic rings. The molecule has 0 bridgehead atoms. The maximum atomic E-state index is 13.1. The molecule has 2 atom stereocenters. The van der Waals surface area contributed by atoms with Crippen molar-refractivity contribution in [3.05, 3.63) is 60.2 Å². The minimum absolute atomic E-state index is 0.00229. The number of carbonyl (C=O) groups is 1. The van der Waals surface area contributed by atoms with Crippen molar-refractivity contribution in [2.75, 3.05) is 0 Å². The quantitative estimate of drug-likeness (QED) is 0.549. The maximum Gasteiger partial charge on any atom is 0.142 e. The fourth-order valence-electron chi connectivity index (χ4n) is 4.92. The molecular formula is C22H21NO. The van der Waals surface area contributed by atoms with Crippen molar-refractivity contribution in [2.24, 2.45) is 5.41 Å². The Morgan fingerprint density at radius 2 is 1.79 bits per heavy atom. The van der Waals surface area contributed by atoms with Crippen molar-refractivity contribution >= 4 is 16.7 Å². The number of benzene rings is 2. The van der Waals surface area contributed by atoms with Crippen molar-refractivity contribution in [1.82, 2.24) is 4.57 Å². The number of rotatable bonds is 0. The van der Waals surface area contributed by atoms with Gasteiger partial charge in [-0.15, -0.1) is 0 Å². The highest BCUT2D eigenvalue weighted by molar-refractivity contribution is 5.95. The van der Waals surface area contributed by atoms with E-state index in [1.54, 1.807) is 0 Å². The Labute approximate surface area is 142 Å². The number of Topliss-reactive ketones (excluding diaryl/α,β-unsaturated/α-hetero) is 1. The summed E-state index contributed by atoms with van der Waals surface area (Å²) in [5, 5.41) is 1.26. The van der Waals surface area contributed by atoms with Gasteiger partial charge in [0.1, 0.15) is 5.78 Å². The van der Waals surface area contributed by atoms with Gasteiger partial charge in [-0.1, -0.05) is 56.3 Å². The Morgan fingerprint density at radius 3 is 2.67 bits per heavy atom. The van der Waals surface area contributed by atoms with Gasteiger partial charge in [0.15, 0.2) is 0 Å². The molecule has 0 spiro atoms. The number of hydrogen-bond donors (Lipinski definition) is 0. The zero-order valence-electron chi connectivity index (χ0n) is 14.1. The van der Waals surface area contributed by atoms with E-state index < -0.39 is 0 Å². The first-order chi connectivity index (χ1) is 11.6. The third kappa shape index (κ3) is 1.80. The summed E-state index contributed by atoms with van der Waals surface area (Å²) in [4.78, 5) is 13.1. The maximum absolute atomic E-state index is 13.1. The van der Waals surface area contributed by atoms with E-state index in [9.17, 15) is 4.79 Å². The van der Waals surface area contributed by atoms with Crippen LogP contribution < -0.4 is 0 Å². The lowest BCUT2D eigenvalue weighted by molar-refractivity contribution is -0.126. The number of ketones is 1. The molecule has 2 nitrogen and oxygen atoms in total. The number of para-hydroxylation sites is 1. The predicted molar refractivity (Wildman–Crippen MR) is 97.2 cm³/mol. The first kappa shape index (κ1) is 14.0. The van der Waals surface area contributed by atoms with Crippen molar-refractivity contribution < 1.29 is 4.79 Å². The third-order valence-corrected chi connectivity index (χ3v) is 5.80. The number of aromatic nitrogens is 1. The van der Waals surface area contributed by atoms with Crippen molar-refractivity contribution in [1.29, 1.82) is 0 Å². The van der Waals surface area contributed by atoms with Gasteiger partial charge in [-0.3, -0.25) is 4.79 Å². The molecule has 1 saturated carbocycles. The van der Waals surface area contributed by atoms with Crippen LogP contribution in [0.3, 0.4) is 0 Å². The van der Waals surface area contributed by atoms with Crippen LogP contribution >= 0.6 is 0 Å². The molecular weight excluding hydrogens is 294 g/mol. The molecule has 2 aromatic carbocycles. The topological polar surface area (TPSA) is 22.0 Å². The lowest BCUT2D eigenvalue weighted by Gasteiger charge is -2.44. The van der Waals surface area contributed by atoms with Gasteiger partial charge in [-0.2, -0.15) is 0 Å². The normalized spacial score (nSPS) is 24.3. The van der Waals surface area contributed by atoms with E-state index in [1.807, 2.05) is 0 Å². The lowest BCUT2D eigenvalue weighted by Crippen LogP contribution is -2.39. The molecule has 5 rings (SSSR count). The second kappa shape index (κ2) is 4.60. The minimum Gasteiger partial charge on any atom is -0.336 e. The summed E-state index contributed by atoms with van der Waals surface area (Å²) in [6, 6.07) is 19.5. The van der Waals surface area contributed by atoms with E-state index in [4.69, 9.17) is 0 Å². The van der Waals surface area contributed by atoms with Crippen LogP contribution in [0, 0.1) is 5.41 Å². The summed E-state index contributed by atoms with van der Waals surface area (Å²) in [5.74, 6) is 0.393. The number of fused-ring (bicyclic) bond motifs is 8. The van der Waals surface area contributed by atoms with Gasteiger partial charge in [0.05, 0.1) is 5.92 Å². The van der Waals surface area contributed by atoms with Gasteiger partial charge < -0.3 is 4.57 Å². The first-order valence-corrected chi connectivity index (χ1v) is 8.77. The molecule has 1 fully saturated rings. The van der Waals surface area contributed by atoms with E-state index in [2.05, 4.69) is 73.0 Å². The van der Waals surface area contributed by atoms with Crippen LogP contribution in [0.25, 0.3) is 22.2 Å². The molecule has 0 amide bonds. The van der Waals surface area contributed by atoms with Gasteiger partial charge in [0.25, 0.3) is 0 Å². The van der Waals surface area contributed by atoms with E-state index in [0.717, 1.165) is 6.42 Å². The lowest BCUT2D eigenvalue weighted by atomic mass is 9.65. The number of hydrogen-bond acceptors (Lipinski definition) is 1. The van der Waals surface area contributed by atoms with E-state index in [-0.39, 0.29) is 17.4 Å². The Morgan fingerprint density at radius 1 is 1.04 bits per heavy atom. The molecule has 1 aromatic heterocycles. The Balaban J connectivity index is 1.86. The van der Waals surface area contributed by atoms with Crippen LogP contribution in [-0.2, 0) is 4.79 Å². The third-order valence-electron chi connectivity index (χ3n) is 5.80. The smallest absolute Gasteiger partial charge is 0.142 e. The van der Waals surface area contributed by atoms with Crippen LogP contribution in [0.1, 0.15) is 44.2 Å². The average molecular weight is 315 g/mol. The second-order valence-electron chi connectivity index (χ2n) is 8.10. The summed E-state index contributed by atoms with van der Waals surface area (Å²) in [5.41, 5.74) is 5.02. The van der Waals surface area contributed by atoms with E-state index in [0.29, 0.717) is 12.2 Å². The molecule has 120 valence electrons. The molecule has 1 unspecified atom stereocenters. The SMILES string of the molecule is CC1(C)CC(=O)[C@@H]2c3ccccc3-c3cc4ccccc4n3C2C1. The van der Waals surface area contributed by atoms with E-state index >= 15 is 0 Å². The first-order valence-electron chi connectivity index (χ1n) is 8.77. The molecule has 0 N–H and O–H groups in total. The highest BCUT2D eigenvalue weighted by Crippen LogP contribution is 2.54. The van der Waals surface area contributed by atoms with Crippen molar-refractivity contribution in [3.63, 3.8) is 0 Å². The highest BCUT2D eigenvalue weighted by Gasteiger charge is 2.46. The summed E-state index contributed by atoms with van der Waals surface area (Å²) in [6.07, 6.45) is 1.72. The number of nitrogens with zero attached hydrogens (tertiary/aromatic N) is 1. The highest BCUT2D eigenvalue weighted by atomic mass is 16.1. The molecule has 0 saturated heterocycles. The zero-order chi connectivity index (χ0) is 16.5. The molecule has 24 heavy (non-hydrogen) atoms. The van der Waals surface area contributed by atoms with E-state index in [1.165, 1.54) is 27.7 Å². The van der Waals surface area contributed by atoms with Gasteiger partial charge in [-0.25, -0.2) is 0 Å². The summed E-state index contributed by atoms with van der Waals surface area (Å²) in [7, 11) is 0. The molecule has 1 aliphatic carbocycles. The van der Waals surface area contributed by atoms with Gasteiger partial charge in [0, 0.05) is 34.6 Å². The Kier molecular flexibility index (Phi) is 2.69. The van der Waals surface area contributed by atoms with Crippen LogP contribution in [-0.4, -0.2) is 10.4 Å². The van der Waals surface area contributed by atoms with Crippen molar-refractivity contribution in [3.8, 4) is 11.3 Å². The number of carbonyl (C=O) groups excluding carboxylic acids is 1. The average Bonchev–Trinajstić information content (AvgIpc) is 2.93. The van der Waals surface area contributed by atoms with Crippen LogP contribution in [0.2, 0.25) is 0 Å². The summed E-state index contributed by atoms with van der Waals surface area (Å²) in [6.45, 7) is 4.46. The van der Waals surface area contributed by atoms with Gasteiger partial charge in [0.2, 0.25) is 0 Å². The standard InChI is InChI=1S/C22H21NO/c1-22(2)12-19-21(20(24)13-22)16-9-5-4-8-15(16)18-11-14-7-3-6-10-17(14)23(18)19/h3-11,19,21H,12-13H2,1-2H3/t19?,21-/m1/s1. The summed E-state index contributed by atoms with van der Waals surface area (Å²) >= 11 is 0. The minimum atomic E-state index is -0.00229. The molecule has 2 heteroatoms. The van der Waals surface area contributed by atoms with Gasteiger partial charge >= 0.3 is 0 Å². The zero-order valence-corrected chi connectivity index (χ0v) is 14.1. The van der Waals surface area contributed by atoms with Crippen LogP contribution in [0.4, 0.5) is 0 Å². The Bertz CT molecular complexity index is 979. The monoisotopic (exact) mass is 315 g/mol. The van der Waals surface area contributed by atoms with Crippen LogP contribution in [0.15, 0.2) is 54.6 Å². The van der Waals surface area contributed by atoms with Gasteiger partial charge in [-0.05, 0) is 29.5 Å². The van der Waals surface area contributed by atoms with Crippen molar-refractivity contribution in [2.45, 2.75) is 38.6 Å². The largest absolute Gasteiger partial charge is 0.336 e.